The van der Waals surface area contributed by atoms with Gasteiger partial charge >= 0.3 is 0 Å². The van der Waals surface area contributed by atoms with Gasteiger partial charge in [0.05, 0.1) is 0 Å². The molecule has 70 valence electrons. The van der Waals surface area contributed by atoms with Crippen LogP contribution in [0.3, 0.4) is 0 Å². The summed E-state index contributed by atoms with van der Waals surface area (Å²) in [6.45, 7) is 5.66. The fourth-order valence-electron chi connectivity index (χ4n) is 1.25. The van der Waals surface area contributed by atoms with E-state index < -0.39 is 0 Å². The molecule has 0 aromatic rings. The maximum absolute atomic E-state index is 2.38. The van der Waals surface area contributed by atoms with E-state index in [0.717, 1.165) is 0 Å². The van der Waals surface area contributed by atoms with E-state index >= 15 is 0 Å². The van der Waals surface area contributed by atoms with Crippen molar-refractivity contribution in [1.29, 1.82) is 0 Å². The summed E-state index contributed by atoms with van der Waals surface area (Å²) >= 11 is 0. The average molecular weight is 188 g/mol. The Labute approximate surface area is 81.6 Å². The van der Waals surface area contributed by atoms with E-state index in [1.165, 1.54) is 19.4 Å². The van der Waals surface area contributed by atoms with Crippen LogP contribution in [0.15, 0.2) is 24.4 Å². The van der Waals surface area contributed by atoms with Crippen LogP contribution in [0.4, 0.5) is 0 Å². The quantitative estimate of drug-likeness (QED) is 0.657. The molecule has 0 fully saturated rings. The predicted octanol–water partition coefficient (Wildman–Crippen LogP) is 2.98. The molecule has 1 atom stereocenters. The third kappa shape index (κ3) is 3.31. The SMILES string of the molecule is CCCCN1C=CC=CC1C.Cl. The van der Waals surface area contributed by atoms with Crippen molar-refractivity contribution in [2.24, 2.45) is 0 Å². The van der Waals surface area contributed by atoms with Crippen LogP contribution in [0.1, 0.15) is 26.7 Å². The minimum Gasteiger partial charge on any atom is -0.371 e. The zero-order chi connectivity index (χ0) is 8.10. The number of hydrogen-bond donors (Lipinski definition) is 0. The van der Waals surface area contributed by atoms with Gasteiger partial charge in [-0.25, -0.2) is 0 Å². The Bertz CT molecular complexity index is 163. The summed E-state index contributed by atoms with van der Waals surface area (Å²) in [6, 6.07) is 0.589. The van der Waals surface area contributed by atoms with Crippen molar-refractivity contribution in [1.82, 2.24) is 4.90 Å². The van der Waals surface area contributed by atoms with Gasteiger partial charge in [-0.1, -0.05) is 25.5 Å². The summed E-state index contributed by atoms with van der Waals surface area (Å²) in [6.07, 6.45) is 11.2. The van der Waals surface area contributed by atoms with Gasteiger partial charge in [-0.2, -0.15) is 0 Å². The lowest BCUT2D eigenvalue weighted by Gasteiger charge is -2.27. The first-order valence-corrected chi connectivity index (χ1v) is 4.45. The third-order valence-corrected chi connectivity index (χ3v) is 2.07. The molecule has 1 aliphatic rings. The summed E-state index contributed by atoms with van der Waals surface area (Å²) in [5.41, 5.74) is 0. The molecule has 1 aliphatic heterocycles. The van der Waals surface area contributed by atoms with Crippen LogP contribution in [0.5, 0.6) is 0 Å². The molecule has 1 heterocycles. The van der Waals surface area contributed by atoms with Crippen LogP contribution < -0.4 is 0 Å². The van der Waals surface area contributed by atoms with E-state index in [1.807, 2.05) is 0 Å². The number of unbranched alkanes of at least 4 members (excludes halogenated alkanes) is 1. The Morgan fingerprint density at radius 3 is 2.67 bits per heavy atom. The van der Waals surface area contributed by atoms with Crippen LogP contribution in [0, 0.1) is 0 Å². The Kier molecular flexibility index (Phi) is 5.91. The smallest absolute Gasteiger partial charge is 0.0442 e. The first-order chi connectivity index (χ1) is 5.34. The van der Waals surface area contributed by atoms with Crippen molar-refractivity contribution in [2.75, 3.05) is 6.54 Å². The summed E-state index contributed by atoms with van der Waals surface area (Å²) in [4.78, 5) is 2.38. The molecule has 0 aliphatic carbocycles. The molecule has 1 unspecified atom stereocenters. The van der Waals surface area contributed by atoms with Crippen molar-refractivity contribution in [3.05, 3.63) is 24.4 Å². The summed E-state index contributed by atoms with van der Waals surface area (Å²) in [5, 5.41) is 0. The molecule has 1 nitrogen and oxygen atoms in total. The first-order valence-electron chi connectivity index (χ1n) is 4.45. The van der Waals surface area contributed by atoms with Gasteiger partial charge in [-0.3, -0.25) is 0 Å². The molecule has 1 rings (SSSR count). The highest BCUT2D eigenvalue weighted by Gasteiger charge is 2.06. The molecule has 12 heavy (non-hydrogen) atoms. The van der Waals surface area contributed by atoms with Gasteiger partial charge in [0.15, 0.2) is 0 Å². The first kappa shape index (κ1) is 11.6. The van der Waals surface area contributed by atoms with Crippen molar-refractivity contribution >= 4 is 12.4 Å². The van der Waals surface area contributed by atoms with Crippen molar-refractivity contribution in [3.8, 4) is 0 Å². The van der Waals surface area contributed by atoms with E-state index in [1.54, 1.807) is 0 Å². The molecule has 0 radical (unpaired) electrons. The second-order valence-corrected chi connectivity index (χ2v) is 3.06. The van der Waals surface area contributed by atoms with Gasteiger partial charge in [0.2, 0.25) is 0 Å². The van der Waals surface area contributed by atoms with E-state index in [0.29, 0.717) is 6.04 Å². The summed E-state index contributed by atoms with van der Waals surface area (Å²) in [5.74, 6) is 0. The zero-order valence-corrected chi connectivity index (χ0v) is 8.68. The molecular weight excluding hydrogens is 170 g/mol. The highest BCUT2D eigenvalue weighted by atomic mass is 35.5. The van der Waals surface area contributed by atoms with Crippen molar-refractivity contribution in [3.63, 3.8) is 0 Å². The normalized spacial score (nSPS) is 20.8. The minimum absolute atomic E-state index is 0. The lowest BCUT2D eigenvalue weighted by molar-refractivity contribution is 0.326. The Hall–Kier alpha value is -0.430. The number of nitrogens with zero attached hydrogens (tertiary/aromatic N) is 1. The van der Waals surface area contributed by atoms with Gasteiger partial charge in [-0.15, -0.1) is 12.4 Å². The maximum atomic E-state index is 2.38. The maximum Gasteiger partial charge on any atom is 0.0442 e. The molecular formula is C10H18ClN. The van der Waals surface area contributed by atoms with Crippen molar-refractivity contribution < 1.29 is 0 Å². The molecule has 0 spiro atoms. The van der Waals surface area contributed by atoms with Crippen LogP contribution >= 0.6 is 12.4 Å². The number of halogens is 1. The third-order valence-electron chi connectivity index (χ3n) is 2.07. The second kappa shape index (κ2) is 6.13. The predicted molar refractivity (Wildman–Crippen MR) is 56.6 cm³/mol. The summed E-state index contributed by atoms with van der Waals surface area (Å²) in [7, 11) is 0. The van der Waals surface area contributed by atoms with Gasteiger partial charge in [0.25, 0.3) is 0 Å². The molecule has 0 bridgehead atoms. The lowest BCUT2D eigenvalue weighted by atomic mass is 10.2. The molecule has 0 amide bonds. The van der Waals surface area contributed by atoms with Crippen LogP contribution in [0.2, 0.25) is 0 Å². The highest BCUT2D eigenvalue weighted by Crippen LogP contribution is 2.08. The fraction of sp³-hybridized carbons (Fsp3) is 0.600. The highest BCUT2D eigenvalue weighted by molar-refractivity contribution is 5.85. The van der Waals surface area contributed by atoms with E-state index in [-0.39, 0.29) is 12.4 Å². The monoisotopic (exact) mass is 187 g/mol. The summed E-state index contributed by atoms with van der Waals surface area (Å²) < 4.78 is 0. The Morgan fingerprint density at radius 2 is 2.08 bits per heavy atom. The molecule has 0 saturated carbocycles. The van der Waals surface area contributed by atoms with Gasteiger partial charge in [-0.05, 0) is 25.6 Å². The average Bonchev–Trinajstić information content (AvgIpc) is 2.03. The molecule has 0 saturated heterocycles. The van der Waals surface area contributed by atoms with Crippen LogP contribution in [-0.2, 0) is 0 Å². The standard InChI is InChI=1S/C10H17N.ClH/c1-3-4-8-11-9-6-5-7-10(11)2;/h5-7,9-10H,3-4,8H2,1-2H3;1H. The fourth-order valence-corrected chi connectivity index (χ4v) is 1.25. The largest absolute Gasteiger partial charge is 0.371 e. The van der Waals surface area contributed by atoms with Crippen LogP contribution in [-0.4, -0.2) is 17.5 Å². The number of hydrogen-bond acceptors (Lipinski definition) is 1. The Balaban J connectivity index is 0.00000121. The molecule has 0 N–H and O–H groups in total. The van der Waals surface area contributed by atoms with Gasteiger partial charge in [0, 0.05) is 12.6 Å². The van der Waals surface area contributed by atoms with Gasteiger partial charge in [0.1, 0.15) is 0 Å². The van der Waals surface area contributed by atoms with Crippen LogP contribution in [0.25, 0.3) is 0 Å². The second-order valence-electron chi connectivity index (χ2n) is 3.06. The van der Waals surface area contributed by atoms with E-state index in [2.05, 4.69) is 43.2 Å². The van der Waals surface area contributed by atoms with Crippen molar-refractivity contribution in [2.45, 2.75) is 32.7 Å². The minimum atomic E-state index is 0. The van der Waals surface area contributed by atoms with E-state index in [4.69, 9.17) is 0 Å². The van der Waals surface area contributed by atoms with E-state index in [9.17, 15) is 0 Å². The Morgan fingerprint density at radius 1 is 1.33 bits per heavy atom. The topological polar surface area (TPSA) is 3.24 Å². The number of allylic oxidation sites excluding steroid dienone is 2. The zero-order valence-electron chi connectivity index (χ0n) is 7.86. The number of rotatable bonds is 3. The lowest BCUT2D eigenvalue weighted by Crippen LogP contribution is -2.28. The van der Waals surface area contributed by atoms with Gasteiger partial charge < -0.3 is 4.90 Å². The molecule has 0 aromatic heterocycles. The molecule has 2 heteroatoms. The molecule has 0 aromatic carbocycles.